The van der Waals surface area contributed by atoms with Gasteiger partial charge in [0.25, 0.3) is 17.7 Å². The van der Waals surface area contributed by atoms with Crippen molar-refractivity contribution in [2.45, 2.75) is 25.8 Å². The summed E-state index contributed by atoms with van der Waals surface area (Å²) in [4.78, 5) is 36.5. The van der Waals surface area contributed by atoms with Crippen LogP contribution in [0.15, 0.2) is 41.0 Å². The van der Waals surface area contributed by atoms with Gasteiger partial charge in [0, 0.05) is 17.8 Å². The first-order chi connectivity index (χ1) is 12.5. The van der Waals surface area contributed by atoms with Crippen molar-refractivity contribution < 1.29 is 24.0 Å². The Morgan fingerprint density at radius 3 is 2.81 bits per heavy atom. The SMILES string of the molecule is Cc1ccc(C(=O)NC2CCCN(O)C2=O)cc1NC(=O)c1ccco1. The van der Waals surface area contributed by atoms with E-state index < -0.39 is 23.8 Å². The van der Waals surface area contributed by atoms with Crippen molar-refractivity contribution in [2.24, 2.45) is 0 Å². The highest BCUT2D eigenvalue weighted by atomic mass is 16.5. The van der Waals surface area contributed by atoms with Crippen molar-refractivity contribution in [2.75, 3.05) is 11.9 Å². The van der Waals surface area contributed by atoms with Gasteiger partial charge in [-0.05, 0) is 49.6 Å². The Bertz CT molecular complexity index is 831. The number of amides is 3. The number of anilines is 1. The van der Waals surface area contributed by atoms with Gasteiger partial charge in [-0.15, -0.1) is 0 Å². The summed E-state index contributed by atoms with van der Waals surface area (Å²) in [6.45, 7) is 2.06. The fourth-order valence-corrected chi connectivity index (χ4v) is 2.72. The van der Waals surface area contributed by atoms with E-state index in [1.807, 2.05) is 0 Å². The van der Waals surface area contributed by atoms with Gasteiger partial charge in [0.05, 0.1) is 6.26 Å². The van der Waals surface area contributed by atoms with Crippen LogP contribution < -0.4 is 10.6 Å². The highest BCUT2D eigenvalue weighted by molar-refractivity contribution is 6.04. The topological polar surface area (TPSA) is 112 Å². The zero-order valence-electron chi connectivity index (χ0n) is 14.2. The van der Waals surface area contributed by atoms with E-state index in [4.69, 9.17) is 4.42 Å². The molecule has 1 aromatic carbocycles. The summed E-state index contributed by atoms with van der Waals surface area (Å²) in [5.41, 5.74) is 1.54. The van der Waals surface area contributed by atoms with Crippen LogP contribution in [0.3, 0.4) is 0 Å². The number of carbonyl (C=O) groups excluding carboxylic acids is 3. The molecule has 8 nitrogen and oxygen atoms in total. The van der Waals surface area contributed by atoms with E-state index in [1.54, 1.807) is 25.1 Å². The molecule has 1 aliphatic heterocycles. The summed E-state index contributed by atoms with van der Waals surface area (Å²) >= 11 is 0. The third-order valence-corrected chi connectivity index (χ3v) is 4.21. The fourth-order valence-electron chi connectivity index (χ4n) is 2.72. The molecule has 26 heavy (non-hydrogen) atoms. The number of piperidine rings is 1. The molecule has 136 valence electrons. The maximum Gasteiger partial charge on any atom is 0.291 e. The minimum Gasteiger partial charge on any atom is -0.459 e. The second-order valence-electron chi connectivity index (χ2n) is 6.09. The number of hydrogen-bond donors (Lipinski definition) is 3. The predicted octanol–water partition coefficient (Wildman–Crippen LogP) is 1.95. The minimum absolute atomic E-state index is 0.162. The zero-order chi connectivity index (χ0) is 18.7. The Kier molecular flexibility index (Phi) is 5.04. The molecule has 3 N–H and O–H groups in total. The van der Waals surface area contributed by atoms with Crippen molar-refractivity contribution in [1.82, 2.24) is 10.4 Å². The quantitative estimate of drug-likeness (QED) is 0.724. The van der Waals surface area contributed by atoms with Gasteiger partial charge in [-0.3, -0.25) is 19.6 Å². The maximum absolute atomic E-state index is 12.4. The summed E-state index contributed by atoms with van der Waals surface area (Å²) < 4.78 is 5.05. The molecule has 0 radical (unpaired) electrons. The van der Waals surface area contributed by atoms with Gasteiger partial charge < -0.3 is 15.1 Å². The smallest absolute Gasteiger partial charge is 0.291 e. The normalized spacial score (nSPS) is 17.1. The molecular formula is C18H19N3O5. The third-order valence-electron chi connectivity index (χ3n) is 4.21. The van der Waals surface area contributed by atoms with E-state index in [2.05, 4.69) is 10.6 Å². The first-order valence-electron chi connectivity index (χ1n) is 8.22. The number of hydrogen-bond acceptors (Lipinski definition) is 5. The first-order valence-corrected chi connectivity index (χ1v) is 8.22. The fraction of sp³-hybridized carbons (Fsp3) is 0.278. The lowest BCUT2D eigenvalue weighted by atomic mass is 10.0. The molecule has 1 aromatic heterocycles. The van der Waals surface area contributed by atoms with Gasteiger partial charge in [0.1, 0.15) is 6.04 Å². The van der Waals surface area contributed by atoms with E-state index in [0.29, 0.717) is 29.2 Å². The molecule has 3 rings (SSSR count). The van der Waals surface area contributed by atoms with Crippen LogP contribution in [0.1, 0.15) is 39.3 Å². The maximum atomic E-state index is 12.4. The van der Waals surface area contributed by atoms with Crippen LogP contribution in [-0.2, 0) is 4.79 Å². The number of nitrogens with zero attached hydrogens (tertiary/aromatic N) is 1. The Morgan fingerprint density at radius 1 is 1.27 bits per heavy atom. The summed E-state index contributed by atoms with van der Waals surface area (Å²) in [5, 5.41) is 15.4. The highest BCUT2D eigenvalue weighted by Crippen LogP contribution is 2.19. The molecule has 1 unspecified atom stereocenters. The largest absolute Gasteiger partial charge is 0.459 e. The lowest BCUT2D eigenvalue weighted by Gasteiger charge is -2.27. The van der Waals surface area contributed by atoms with Gasteiger partial charge in [-0.2, -0.15) is 0 Å². The molecular weight excluding hydrogens is 338 g/mol. The molecule has 0 saturated carbocycles. The van der Waals surface area contributed by atoms with Crippen LogP contribution in [0.2, 0.25) is 0 Å². The van der Waals surface area contributed by atoms with Crippen LogP contribution in [0, 0.1) is 6.92 Å². The first kappa shape index (κ1) is 17.7. The third kappa shape index (κ3) is 3.75. The molecule has 1 aliphatic rings. The number of carbonyl (C=O) groups is 3. The molecule has 8 heteroatoms. The second-order valence-corrected chi connectivity index (χ2v) is 6.09. The summed E-state index contributed by atoms with van der Waals surface area (Å²) in [6, 6.07) is 7.23. The minimum atomic E-state index is -0.760. The van der Waals surface area contributed by atoms with Crippen LogP contribution in [-0.4, -0.2) is 40.6 Å². The van der Waals surface area contributed by atoms with Gasteiger partial charge >= 0.3 is 0 Å². The Balaban J connectivity index is 1.73. The Hall–Kier alpha value is -3.13. The van der Waals surface area contributed by atoms with Gasteiger partial charge in [-0.25, -0.2) is 5.06 Å². The standard InChI is InChI=1S/C18H19N3O5/c1-11-6-7-12(10-14(11)20-17(23)15-5-3-9-26-15)16(22)19-13-4-2-8-21(25)18(13)24/h3,5-7,9-10,13,25H,2,4,8H2,1H3,(H,19,22)(H,20,23). The van der Waals surface area contributed by atoms with Crippen LogP contribution in [0.4, 0.5) is 5.69 Å². The number of nitrogens with one attached hydrogen (secondary N) is 2. The number of furan rings is 1. The van der Waals surface area contributed by atoms with Gasteiger partial charge in [0.15, 0.2) is 5.76 Å². The molecule has 1 saturated heterocycles. The van der Waals surface area contributed by atoms with Crippen molar-refractivity contribution in [1.29, 1.82) is 0 Å². The second kappa shape index (κ2) is 7.40. The molecule has 0 bridgehead atoms. The molecule has 0 aliphatic carbocycles. The highest BCUT2D eigenvalue weighted by Gasteiger charge is 2.29. The van der Waals surface area contributed by atoms with Crippen molar-refractivity contribution in [3.05, 3.63) is 53.5 Å². The Labute approximate surface area is 149 Å². The average molecular weight is 357 g/mol. The van der Waals surface area contributed by atoms with Gasteiger partial charge in [-0.1, -0.05) is 6.07 Å². The molecule has 0 spiro atoms. The van der Waals surface area contributed by atoms with Crippen molar-refractivity contribution in [3.8, 4) is 0 Å². The van der Waals surface area contributed by atoms with Crippen LogP contribution >= 0.6 is 0 Å². The predicted molar refractivity (Wildman–Crippen MR) is 91.8 cm³/mol. The molecule has 1 atom stereocenters. The van der Waals surface area contributed by atoms with Crippen LogP contribution in [0.5, 0.6) is 0 Å². The van der Waals surface area contributed by atoms with Crippen LogP contribution in [0.25, 0.3) is 0 Å². The van der Waals surface area contributed by atoms with Crippen molar-refractivity contribution in [3.63, 3.8) is 0 Å². The monoisotopic (exact) mass is 357 g/mol. The number of benzene rings is 1. The lowest BCUT2D eigenvalue weighted by Crippen LogP contribution is -2.51. The number of hydroxylamine groups is 2. The van der Waals surface area contributed by atoms with E-state index in [1.165, 1.54) is 18.4 Å². The zero-order valence-corrected chi connectivity index (χ0v) is 14.2. The van der Waals surface area contributed by atoms with E-state index >= 15 is 0 Å². The molecule has 2 aromatic rings. The number of aryl methyl sites for hydroxylation is 1. The summed E-state index contributed by atoms with van der Waals surface area (Å²) in [5.74, 6) is -1.24. The Morgan fingerprint density at radius 2 is 2.08 bits per heavy atom. The molecule has 2 heterocycles. The van der Waals surface area contributed by atoms with E-state index in [-0.39, 0.29) is 12.3 Å². The van der Waals surface area contributed by atoms with Gasteiger partial charge in [0.2, 0.25) is 0 Å². The lowest BCUT2D eigenvalue weighted by molar-refractivity contribution is -0.172. The number of rotatable bonds is 4. The van der Waals surface area contributed by atoms with Crippen molar-refractivity contribution >= 4 is 23.4 Å². The van der Waals surface area contributed by atoms with E-state index in [9.17, 15) is 19.6 Å². The summed E-state index contributed by atoms with van der Waals surface area (Å²) in [6.07, 6.45) is 2.47. The molecule has 1 fully saturated rings. The average Bonchev–Trinajstić information content (AvgIpc) is 3.15. The summed E-state index contributed by atoms with van der Waals surface area (Å²) in [7, 11) is 0. The molecule has 3 amide bonds. The van der Waals surface area contributed by atoms with E-state index in [0.717, 1.165) is 5.56 Å².